The Labute approximate surface area is 268 Å². The SMILES string of the molecule is CCN1CCN(c2cc3nc(N)n(-c4ncnc5c(C(=O)Nc6c(Cl)c(C)c(Br)c(OC)c6Cl)csc45)c3cc2F)CC1. The summed E-state index contributed by atoms with van der Waals surface area (Å²) >= 11 is 17.8. The molecule has 0 unspecified atom stereocenters. The van der Waals surface area contributed by atoms with Gasteiger partial charge in [-0.05, 0) is 41.0 Å². The molecule has 6 rings (SSSR count). The second kappa shape index (κ2) is 11.7. The third kappa shape index (κ3) is 5.06. The number of imidazole rings is 1. The molecular formula is C28H26BrCl2FN8O2S. The maximum Gasteiger partial charge on any atom is 0.258 e. The third-order valence-electron chi connectivity index (χ3n) is 7.64. The van der Waals surface area contributed by atoms with Gasteiger partial charge < -0.3 is 25.6 Å². The molecule has 3 aromatic heterocycles. The highest BCUT2D eigenvalue weighted by Crippen LogP contribution is 2.46. The number of ether oxygens (including phenoxy) is 1. The van der Waals surface area contributed by atoms with Crippen LogP contribution in [0, 0.1) is 12.7 Å². The number of likely N-dealkylation sites (N-methyl/N-ethyl adjacent to an activating group) is 1. The molecule has 1 saturated heterocycles. The summed E-state index contributed by atoms with van der Waals surface area (Å²) in [4.78, 5) is 31.2. The number of nitrogens with one attached hydrogen (secondary N) is 1. The number of amides is 1. The van der Waals surface area contributed by atoms with Gasteiger partial charge in [0.15, 0.2) is 11.6 Å². The first-order valence-corrected chi connectivity index (χ1v) is 15.8. The minimum Gasteiger partial charge on any atom is -0.494 e. The van der Waals surface area contributed by atoms with Crippen molar-refractivity contribution >= 4 is 94.9 Å². The highest BCUT2D eigenvalue weighted by atomic mass is 79.9. The van der Waals surface area contributed by atoms with Crippen molar-refractivity contribution in [1.82, 2.24) is 24.4 Å². The van der Waals surface area contributed by atoms with Gasteiger partial charge in [0.25, 0.3) is 5.91 Å². The predicted molar refractivity (Wildman–Crippen MR) is 174 cm³/mol. The van der Waals surface area contributed by atoms with E-state index in [4.69, 9.17) is 33.7 Å². The highest BCUT2D eigenvalue weighted by molar-refractivity contribution is 9.10. The van der Waals surface area contributed by atoms with E-state index in [1.54, 1.807) is 22.9 Å². The van der Waals surface area contributed by atoms with Gasteiger partial charge in [0, 0.05) is 37.6 Å². The summed E-state index contributed by atoms with van der Waals surface area (Å²) in [5.74, 6) is 0.0161. The Morgan fingerprint density at radius 2 is 1.95 bits per heavy atom. The molecule has 224 valence electrons. The van der Waals surface area contributed by atoms with Gasteiger partial charge in [0.2, 0.25) is 5.95 Å². The predicted octanol–water partition coefficient (Wildman–Crippen LogP) is 6.53. The lowest BCUT2D eigenvalue weighted by molar-refractivity contribution is 0.102. The molecule has 5 aromatic rings. The van der Waals surface area contributed by atoms with Crippen LogP contribution in [0.15, 0.2) is 28.3 Å². The van der Waals surface area contributed by atoms with Crippen molar-refractivity contribution in [3.63, 3.8) is 0 Å². The number of aromatic nitrogens is 4. The third-order valence-corrected chi connectivity index (χ3v) is 10.4. The number of rotatable bonds is 6. The first-order valence-electron chi connectivity index (χ1n) is 13.3. The monoisotopic (exact) mass is 706 g/mol. The summed E-state index contributed by atoms with van der Waals surface area (Å²) < 4.78 is 23.7. The normalized spacial score (nSPS) is 14.2. The molecule has 1 amide bonds. The van der Waals surface area contributed by atoms with Crippen LogP contribution in [-0.4, -0.2) is 70.2 Å². The smallest absolute Gasteiger partial charge is 0.258 e. The first-order chi connectivity index (χ1) is 20.6. The molecule has 1 aliphatic heterocycles. The van der Waals surface area contributed by atoms with Gasteiger partial charge in [0.05, 0.1) is 54.8 Å². The van der Waals surface area contributed by atoms with Gasteiger partial charge in [-0.3, -0.25) is 9.36 Å². The van der Waals surface area contributed by atoms with Gasteiger partial charge >= 0.3 is 0 Å². The Kier molecular flexibility index (Phi) is 8.11. The molecule has 0 saturated carbocycles. The van der Waals surface area contributed by atoms with E-state index in [-0.39, 0.29) is 33.1 Å². The van der Waals surface area contributed by atoms with Crippen molar-refractivity contribution in [2.75, 3.05) is 55.8 Å². The number of carbonyl (C=O) groups excluding carboxylic acids is 1. The summed E-state index contributed by atoms with van der Waals surface area (Å²) in [7, 11) is 1.47. The molecule has 0 spiro atoms. The lowest BCUT2D eigenvalue weighted by Crippen LogP contribution is -2.46. The van der Waals surface area contributed by atoms with E-state index in [0.717, 1.165) is 32.7 Å². The van der Waals surface area contributed by atoms with Gasteiger partial charge in [-0.2, -0.15) is 0 Å². The van der Waals surface area contributed by atoms with Crippen LogP contribution in [0.3, 0.4) is 0 Å². The van der Waals surface area contributed by atoms with Crippen LogP contribution < -0.4 is 20.7 Å². The fourth-order valence-electron chi connectivity index (χ4n) is 5.26. The molecule has 1 fully saturated rings. The maximum atomic E-state index is 15.5. The van der Waals surface area contributed by atoms with E-state index in [9.17, 15) is 4.79 Å². The van der Waals surface area contributed by atoms with E-state index in [2.05, 4.69) is 48.0 Å². The van der Waals surface area contributed by atoms with E-state index in [1.807, 2.05) is 4.90 Å². The lowest BCUT2D eigenvalue weighted by atomic mass is 10.2. The summed E-state index contributed by atoms with van der Waals surface area (Å²) in [6, 6.07) is 3.16. The zero-order chi connectivity index (χ0) is 30.6. The largest absolute Gasteiger partial charge is 0.494 e. The van der Waals surface area contributed by atoms with Crippen LogP contribution in [0.4, 0.5) is 21.7 Å². The molecule has 0 bridgehead atoms. The fraction of sp³-hybridized carbons (Fsp3) is 0.286. The zero-order valence-electron chi connectivity index (χ0n) is 23.3. The number of thiophene rings is 1. The van der Waals surface area contributed by atoms with Crippen molar-refractivity contribution in [2.24, 2.45) is 0 Å². The van der Waals surface area contributed by atoms with Crippen LogP contribution >= 0.6 is 50.5 Å². The standard InChI is InChI=1S/C28H26BrCl2FN8O2S/c1-4-38-5-7-39(8-6-38)17-10-16-18(9-15(17)32)40(28(33)36-16)26-25-22(34-12-35-26)14(11-43-25)27(41)37-23-20(30)13(2)19(29)24(42-3)21(23)31/h9-12H,4-8H2,1-3H3,(H2,33,36)(H,37,41). The molecule has 0 aliphatic carbocycles. The fourth-order valence-corrected chi connectivity index (χ4v) is 7.63. The summed E-state index contributed by atoms with van der Waals surface area (Å²) in [5, 5.41) is 4.89. The Morgan fingerprint density at radius 3 is 2.65 bits per heavy atom. The summed E-state index contributed by atoms with van der Waals surface area (Å²) in [6.07, 6.45) is 1.33. The topological polar surface area (TPSA) is 114 Å². The second-order valence-corrected chi connectivity index (χ2v) is 12.4. The molecule has 1 aliphatic rings. The van der Waals surface area contributed by atoms with Crippen LogP contribution in [0.1, 0.15) is 22.8 Å². The number of halogens is 4. The number of nitrogens with two attached hydrogens (primary N) is 1. The lowest BCUT2D eigenvalue weighted by Gasteiger charge is -2.35. The summed E-state index contributed by atoms with van der Waals surface area (Å²) in [5.41, 5.74) is 9.39. The van der Waals surface area contributed by atoms with Crippen LogP contribution in [0.25, 0.3) is 27.1 Å². The quantitative estimate of drug-likeness (QED) is 0.205. The Hall–Kier alpha value is -3.23. The minimum absolute atomic E-state index is 0.137. The van der Waals surface area contributed by atoms with E-state index >= 15 is 4.39 Å². The highest BCUT2D eigenvalue weighted by Gasteiger charge is 2.26. The average molecular weight is 708 g/mol. The molecule has 15 heteroatoms. The molecule has 0 radical (unpaired) electrons. The number of nitrogens with zero attached hydrogens (tertiary/aromatic N) is 6. The number of fused-ring (bicyclic) bond motifs is 2. The number of benzene rings is 2. The molecule has 0 atom stereocenters. The first kappa shape index (κ1) is 29.8. The molecule has 43 heavy (non-hydrogen) atoms. The van der Waals surface area contributed by atoms with Crippen LogP contribution in [0.2, 0.25) is 10.0 Å². The van der Waals surface area contributed by atoms with Gasteiger partial charge in [-0.25, -0.2) is 19.3 Å². The van der Waals surface area contributed by atoms with E-state index in [1.165, 1.54) is 30.8 Å². The molecule has 10 nitrogen and oxygen atoms in total. The summed E-state index contributed by atoms with van der Waals surface area (Å²) in [6.45, 7) is 8.05. The van der Waals surface area contributed by atoms with Crippen molar-refractivity contribution in [1.29, 1.82) is 0 Å². The Morgan fingerprint density at radius 1 is 1.21 bits per heavy atom. The molecular weight excluding hydrogens is 682 g/mol. The number of piperazine rings is 1. The van der Waals surface area contributed by atoms with Crippen molar-refractivity contribution in [3.05, 3.63) is 55.3 Å². The van der Waals surface area contributed by atoms with Gasteiger partial charge in [-0.1, -0.05) is 30.1 Å². The number of hydrogen-bond acceptors (Lipinski definition) is 9. The van der Waals surface area contributed by atoms with Crippen molar-refractivity contribution in [3.8, 4) is 11.6 Å². The van der Waals surface area contributed by atoms with E-state index in [0.29, 0.717) is 48.5 Å². The number of methoxy groups -OCH3 is 1. The van der Waals surface area contributed by atoms with Gasteiger partial charge in [-0.15, -0.1) is 11.3 Å². The zero-order valence-corrected chi connectivity index (χ0v) is 27.3. The van der Waals surface area contributed by atoms with E-state index < -0.39 is 5.91 Å². The number of anilines is 3. The second-order valence-electron chi connectivity index (χ2n) is 9.97. The Balaban J connectivity index is 1.38. The van der Waals surface area contributed by atoms with Crippen molar-refractivity contribution < 1.29 is 13.9 Å². The number of hydrogen-bond donors (Lipinski definition) is 2. The minimum atomic E-state index is -0.481. The number of carbonyl (C=O) groups is 1. The molecule has 3 N–H and O–H groups in total. The van der Waals surface area contributed by atoms with Crippen LogP contribution in [0.5, 0.6) is 5.75 Å². The molecule has 4 heterocycles. The average Bonchev–Trinajstić information content (AvgIpc) is 3.58. The maximum absolute atomic E-state index is 15.5. The Bertz CT molecular complexity index is 1910. The molecule has 2 aromatic carbocycles. The van der Waals surface area contributed by atoms with Crippen LogP contribution in [-0.2, 0) is 0 Å². The van der Waals surface area contributed by atoms with Gasteiger partial charge in [0.1, 0.15) is 17.2 Å². The number of nitrogen functional groups attached to an aromatic ring is 1. The van der Waals surface area contributed by atoms with Crippen molar-refractivity contribution in [2.45, 2.75) is 13.8 Å².